The van der Waals surface area contributed by atoms with Gasteiger partial charge in [-0.05, 0) is 63.6 Å². The number of hydrogen-bond donors (Lipinski definition) is 4. The number of H-pyrrole nitrogens is 1. The average Bonchev–Trinajstić information content (AvgIpc) is 3.53. The van der Waals surface area contributed by atoms with Crippen LogP contribution in [0.3, 0.4) is 0 Å². The van der Waals surface area contributed by atoms with Gasteiger partial charge in [0.25, 0.3) is 17.7 Å². The summed E-state index contributed by atoms with van der Waals surface area (Å²) in [5, 5.41) is 14.4. The van der Waals surface area contributed by atoms with Gasteiger partial charge in [-0.3, -0.25) is 14.4 Å². The van der Waals surface area contributed by atoms with Crippen molar-refractivity contribution in [1.29, 1.82) is 0 Å². The van der Waals surface area contributed by atoms with Gasteiger partial charge in [0.2, 0.25) is 0 Å². The Balaban J connectivity index is 1.40. The van der Waals surface area contributed by atoms with Gasteiger partial charge in [0.1, 0.15) is 11.9 Å². The number of benzene rings is 1. The van der Waals surface area contributed by atoms with Crippen molar-refractivity contribution in [2.75, 3.05) is 43.4 Å². The molecule has 0 spiro atoms. The van der Waals surface area contributed by atoms with Crippen LogP contribution >= 0.6 is 0 Å². The van der Waals surface area contributed by atoms with Crippen molar-refractivity contribution in [1.82, 2.24) is 14.8 Å². The van der Waals surface area contributed by atoms with Gasteiger partial charge >= 0.3 is 0 Å². The smallest absolute Gasteiger partial charge is 0.256 e. The molecule has 0 radical (unpaired) electrons. The third-order valence-electron chi connectivity index (χ3n) is 7.20. The quantitative estimate of drug-likeness (QED) is 0.459. The van der Waals surface area contributed by atoms with Gasteiger partial charge in [0.05, 0.1) is 22.5 Å². The zero-order valence-electron chi connectivity index (χ0n) is 20.4. The Morgan fingerprint density at radius 3 is 2.69 bits per heavy atom. The normalized spacial score (nSPS) is 19.4. The van der Waals surface area contributed by atoms with Crippen LogP contribution in [0.4, 0.5) is 15.8 Å². The number of carbonyl (C=O) groups is 3. The molecular formula is C26H30FN5O4. The van der Waals surface area contributed by atoms with E-state index in [1.165, 1.54) is 31.9 Å². The molecule has 36 heavy (non-hydrogen) atoms. The van der Waals surface area contributed by atoms with E-state index in [0.29, 0.717) is 42.0 Å². The molecule has 1 aromatic heterocycles. The summed E-state index contributed by atoms with van der Waals surface area (Å²) < 4.78 is 14.7. The van der Waals surface area contributed by atoms with Crippen molar-refractivity contribution in [3.63, 3.8) is 0 Å². The minimum absolute atomic E-state index is 0.00494. The maximum absolute atomic E-state index is 14.7. The van der Waals surface area contributed by atoms with Gasteiger partial charge < -0.3 is 30.5 Å². The molecule has 5 rings (SSSR count). The number of likely N-dealkylation sites (tertiary alicyclic amines) is 1. The molecular weight excluding hydrogens is 465 g/mol. The molecule has 4 N–H and O–H groups in total. The maximum Gasteiger partial charge on any atom is 0.256 e. The molecule has 4 heterocycles. The number of anilines is 2. The van der Waals surface area contributed by atoms with Crippen LogP contribution in [0, 0.1) is 12.7 Å². The Hall–Kier alpha value is -3.50. The predicted octanol–water partition coefficient (Wildman–Crippen LogP) is 2.37. The summed E-state index contributed by atoms with van der Waals surface area (Å²) in [4.78, 5) is 45.4. The number of aromatic nitrogens is 1. The molecule has 3 aliphatic heterocycles. The minimum atomic E-state index is -1.30. The molecule has 2 aromatic rings. The number of amides is 3. The first kappa shape index (κ1) is 24.2. The van der Waals surface area contributed by atoms with Crippen molar-refractivity contribution in [2.45, 2.75) is 39.2 Å². The SMILES string of the molecule is Cc1c(C=C2C(=O)Nc3cc(NC(=O)C(C)O)c(F)cc32)[nH]c2c1C(=O)N(CCN1CCCC1)CC2. The van der Waals surface area contributed by atoms with E-state index >= 15 is 0 Å². The molecule has 1 aromatic carbocycles. The van der Waals surface area contributed by atoms with Gasteiger partial charge in [-0.15, -0.1) is 0 Å². The highest BCUT2D eigenvalue weighted by Crippen LogP contribution is 2.37. The summed E-state index contributed by atoms with van der Waals surface area (Å²) in [7, 11) is 0. The van der Waals surface area contributed by atoms with Gasteiger partial charge in [-0.25, -0.2) is 4.39 Å². The Bertz CT molecular complexity index is 1280. The molecule has 3 amide bonds. The van der Waals surface area contributed by atoms with E-state index in [4.69, 9.17) is 0 Å². The van der Waals surface area contributed by atoms with Crippen molar-refractivity contribution < 1.29 is 23.9 Å². The van der Waals surface area contributed by atoms with Gasteiger partial charge in [-0.1, -0.05) is 0 Å². The number of aromatic amines is 1. The Morgan fingerprint density at radius 1 is 1.22 bits per heavy atom. The largest absolute Gasteiger partial charge is 0.384 e. The second-order valence-electron chi connectivity index (χ2n) is 9.66. The lowest BCUT2D eigenvalue weighted by molar-refractivity contribution is -0.123. The topological polar surface area (TPSA) is 118 Å². The average molecular weight is 496 g/mol. The molecule has 1 saturated heterocycles. The standard InChI is InChI=1S/C26H30FN5O4/c1-14-20(28-19-5-8-32(26(36)23(14)19)10-9-31-6-3-4-7-31)12-17-16-11-18(27)22(30-24(34)15(2)33)13-21(16)29-25(17)35/h11-13,15,28,33H,3-10H2,1-2H3,(H,29,35)(H,30,34). The van der Waals surface area contributed by atoms with Crippen molar-refractivity contribution in [3.05, 3.63) is 46.0 Å². The summed E-state index contributed by atoms with van der Waals surface area (Å²) in [6.45, 7) is 7.53. The Kier molecular flexibility index (Phi) is 6.40. The summed E-state index contributed by atoms with van der Waals surface area (Å²) in [5.41, 5.74) is 3.74. The van der Waals surface area contributed by atoms with Crippen LogP contribution in [-0.2, 0) is 16.0 Å². The van der Waals surface area contributed by atoms with Crippen LogP contribution in [0.15, 0.2) is 12.1 Å². The number of carbonyl (C=O) groups excluding carboxylic acids is 3. The number of rotatable bonds is 6. The molecule has 1 unspecified atom stereocenters. The highest BCUT2D eigenvalue weighted by Gasteiger charge is 2.31. The Morgan fingerprint density at radius 2 is 1.97 bits per heavy atom. The first-order chi connectivity index (χ1) is 17.2. The van der Waals surface area contributed by atoms with Gasteiger partial charge in [0.15, 0.2) is 0 Å². The van der Waals surface area contributed by atoms with Crippen LogP contribution in [-0.4, -0.2) is 76.4 Å². The van der Waals surface area contributed by atoms with E-state index in [0.717, 1.165) is 30.9 Å². The second kappa shape index (κ2) is 9.51. The summed E-state index contributed by atoms with van der Waals surface area (Å²) in [6, 6.07) is 2.51. The second-order valence-corrected chi connectivity index (χ2v) is 9.66. The van der Waals surface area contributed by atoms with E-state index in [9.17, 15) is 23.9 Å². The number of aliphatic hydroxyl groups excluding tert-OH is 1. The van der Waals surface area contributed by atoms with E-state index in [-0.39, 0.29) is 17.2 Å². The van der Waals surface area contributed by atoms with Crippen LogP contribution in [0.25, 0.3) is 11.6 Å². The number of aliphatic hydroxyl groups is 1. The molecule has 0 saturated carbocycles. The lowest BCUT2D eigenvalue weighted by Gasteiger charge is -2.29. The molecule has 9 nitrogen and oxygen atoms in total. The zero-order valence-corrected chi connectivity index (χ0v) is 20.4. The fraction of sp³-hybridized carbons (Fsp3) is 0.423. The summed E-state index contributed by atoms with van der Waals surface area (Å²) >= 11 is 0. The molecule has 0 aliphatic carbocycles. The van der Waals surface area contributed by atoms with E-state index < -0.39 is 23.7 Å². The van der Waals surface area contributed by atoms with Gasteiger partial charge in [-0.2, -0.15) is 0 Å². The highest BCUT2D eigenvalue weighted by atomic mass is 19.1. The van der Waals surface area contributed by atoms with Crippen molar-refractivity contribution in [3.8, 4) is 0 Å². The number of halogens is 1. The molecule has 0 bridgehead atoms. The fourth-order valence-corrected chi connectivity index (χ4v) is 5.12. The summed E-state index contributed by atoms with van der Waals surface area (Å²) in [5.74, 6) is -1.89. The molecule has 10 heteroatoms. The Labute approximate surface area is 208 Å². The highest BCUT2D eigenvalue weighted by molar-refractivity contribution is 6.35. The van der Waals surface area contributed by atoms with Crippen LogP contribution in [0.5, 0.6) is 0 Å². The molecule has 1 fully saturated rings. The van der Waals surface area contributed by atoms with Gasteiger partial charge in [0, 0.05) is 43.0 Å². The first-order valence-electron chi connectivity index (χ1n) is 12.3. The van der Waals surface area contributed by atoms with Crippen LogP contribution < -0.4 is 10.6 Å². The molecule has 1 atom stereocenters. The molecule has 3 aliphatic rings. The maximum atomic E-state index is 14.7. The minimum Gasteiger partial charge on any atom is -0.384 e. The third-order valence-corrected chi connectivity index (χ3v) is 7.20. The van der Waals surface area contributed by atoms with Crippen LogP contribution in [0.2, 0.25) is 0 Å². The zero-order chi connectivity index (χ0) is 25.6. The fourth-order valence-electron chi connectivity index (χ4n) is 5.12. The number of hydrogen-bond acceptors (Lipinski definition) is 5. The number of nitrogens with zero attached hydrogens (tertiary/aromatic N) is 2. The molecule has 190 valence electrons. The van der Waals surface area contributed by atoms with E-state index in [1.807, 2.05) is 11.8 Å². The monoisotopic (exact) mass is 495 g/mol. The summed E-state index contributed by atoms with van der Waals surface area (Å²) in [6.07, 6.45) is 3.47. The number of fused-ring (bicyclic) bond motifs is 2. The van der Waals surface area contributed by atoms with Crippen LogP contribution in [0.1, 0.15) is 52.6 Å². The van der Waals surface area contributed by atoms with Crippen molar-refractivity contribution in [2.24, 2.45) is 0 Å². The lowest BCUT2D eigenvalue weighted by Crippen LogP contribution is -2.42. The lowest BCUT2D eigenvalue weighted by atomic mass is 10.0. The predicted molar refractivity (Wildman–Crippen MR) is 134 cm³/mol. The third kappa shape index (κ3) is 4.42. The van der Waals surface area contributed by atoms with Crippen molar-refractivity contribution >= 4 is 40.7 Å². The van der Waals surface area contributed by atoms with E-state index in [2.05, 4.69) is 20.5 Å². The first-order valence-corrected chi connectivity index (χ1v) is 12.3. The number of nitrogens with one attached hydrogen (secondary N) is 3. The van der Waals surface area contributed by atoms with E-state index in [1.54, 1.807) is 6.08 Å².